The van der Waals surface area contributed by atoms with Crippen LogP contribution in [0.4, 0.5) is 13.2 Å². The lowest BCUT2D eigenvalue weighted by molar-refractivity contribution is -0.188. The number of piperazine rings is 1. The van der Waals surface area contributed by atoms with E-state index in [-0.39, 0.29) is 25.2 Å². The van der Waals surface area contributed by atoms with Crippen LogP contribution in [0.2, 0.25) is 0 Å². The molecular formula is C14H16F3N3O. The number of likely N-dealkylation sites (tertiary alicyclic amines) is 1. The molecule has 3 rings (SSSR count). The van der Waals surface area contributed by atoms with E-state index in [1.807, 2.05) is 12.1 Å². The van der Waals surface area contributed by atoms with Crippen molar-refractivity contribution in [2.24, 2.45) is 0 Å². The third kappa shape index (κ3) is 2.88. The number of nitrogens with zero attached hydrogens (tertiary/aromatic N) is 3. The number of alkyl halides is 3. The highest BCUT2D eigenvalue weighted by Gasteiger charge is 2.48. The molecular weight excluding hydrogens is 283 g/mol. The molecule has 114 valence electrons. The number of hydrogen-bond donors (Lipinski definition) is 0. The Balaban J connectivity index is 1.69. The van der Waals surface area contributed by atoms with Crippen LogP contribution >= 0.6 is 0 Å². The molecule has 0 aromatic carbocycles. The first-order chi connectivity index (χ1) is 9.95. The van der Waals surface area contributed by atoms with E-state index in [2.05, 4.69) is 9.88 Å². The van der Waals surface area contributed by atoms with Crippen LogP contribution in [-0.2, 0) is 11.3 Å². The van der Waals surface area contributed by atoms with Crippen LogP contribution in [0.5, 0.6) is 0 Å². The first-order valence-corrected chi connectivity index (χ1v) is 6.96. The quantitative estimate of drug-likeness (QED) is 0.836. The zero-order valence-electron chi connectivity index (χ0n) is 11.4. The van der Waals surface area contributed by atoms with Crippen LogP contribution in [0, 0.1) is 0 Å². The predicted octanol–water partition coefficient (Wildman–Crippen LogP) is 1.82. The Labute approximate surface area is 120 Å². The Morgan fingerprint density at radius 3 is 2.29 bits per heavy atom. The van der Waals surface area contributed by atoms with E-state index in [0.717, 1.165) is 23.3 Å². The van der Waals surface area contributed by atoms with E-state index in [1.165, 1.54) is 0 Å². The van der Waals surface area contributed by atoms with E-state index in [0.29, 0.717) is 6.54 Å². The average molecular weight is 299 g/mol. The van der Waals surface area contributed by atoms with E-state index in [4.69, 9.17) is 0 Å². The van der Waals surface area contributed by atoms with Crippen LogP contribution in [-0.4, -0.2) is 52.0 Å². The molecule has 2 aliphatic heterocycles. The Kier molecular flexibility index (Phi) is 3.61. The molecule has 0 N–H and O–H groups in total. The molecule has 0 aliphatic carbocycles. The summed E-state index contributed by atoms with van der Waals surface area (Å²) in [5.41, 5.74) is 1.09. The van der Waals surface area contributed by atoms with E-state index >= 15 is 0 Å². The first kappa shape index (κ1) is 14.3. The van der Waals surface area contributed by atoms with Gasteiger partial charge in [-0.05, 0) is 30.5 Å². The van der Waals surface area contributed by atoms with Gasteiger partial charge in [0.2, 0.25) is 0 Å². The molecule has 1 aromatic rings. The highest BCUT2D eigenvalue weighted by Crippen LogP contribution is 2.33. The fraction of sp³-hybridized carbons (Fsp3) is 0.571. The molecule has 2 bridgehead atoms. The minimum Gasteiger partial charge on any atom is -0.332 e. The number of rotatable bonds is 2. The Morgan fingerprint density at radius 1 is 1.19 bits per heavy atom. The van der Waals surface area contributed by atoms with Gasteiger partial charge >= 0.3 is 12.1 Å². The van der Waals surface area contributed by atoms with Gasteiger partial charge in [-0.15, -0.1) is 0 Å². The smallest absolute Gasteiger partial charge is 0.332 e. The lowest BCUT2D eigenvalue weighted by Gasteiger charge is -2.41. The molecule has 2 aliphatic rings. The highest BCUT2D eigenvalue weighted by atomic mass is 19.4. The molecule has 21 heavy (non-hydrogen) atoms. The van der Waals surface area contributed by atoms with Crippen molar-refractivity contribution in [2.75, 3.05) is 13.1 Å². The Morgan fingerprint density at radius 2 is 1.76 bits per heavy atom. The van der Waals surface area contributed by atoms with Gasteiger partial charge in [0.1, 0.15) is 0 Å². The summed E-state index contributed by atoms with van der Waals surface area (Å²) in [6, 6.07) is 3.85. The molecule has 2 unspecified atom stereocenters. The monoisotopic (exact) mass is 299 g/mol. The maximum Gasteiger partial charge on any atom is 0.471 e. The summed E-state index contributed by atoms with van der Waals surface area (Å²) in [6.07, 6.45) is 0.336. The number of amides is 1. The van der Waals surface area contributed by atoms with Crippen LogP contribution in [0.1, 0.15) is 18.4 Å². The third-order valence-corrected chi connectivity index (χ3v) is 4.28. The molecule has 0 radical (unpaired) electrons. The third-order valence-electron chi connectivity index (χ3n) is 4.28. The number of carbonyl (C=O) groups excluding carboxylic acids is 1. The van der Waals surface area contributed by atoms with E-state index in [1.54, 1.807) is 12.4 Å². The van der Waals surface area contributed by atoms with Crippen molar-refractivity contribution in [3.63, 3.8) is 0 Å². The summed E-state index contributed by atoms with van der Waals surface area (Å²) in [5, 5.41) is 0. The number of pyridine rings is 1. The minimum atomic E-state index is -4.77. The maximum absolute atomic E-state index is 12.5. The Hall–Kier alpha value is -1.63. The topological polar surface area (TPSA) is 36.4 Å². The summed E-state index contributed by atoms with van der Waals surface area (Å²) in [5.74, 6) is -1.71. The second kappa shape index (κ2) is 5.29. The summed E-state index contributed by atoms with van der Waals surface area (Å²) in [6.45, 7) is 1.03. The predicted molar refractivity (Wildman–Crippen MR) is 69.2 cm³/mol. The van der Waals surface area contributed by atoms with Crippen molar-refractivity contribution in [2.45, 2.75) is 37.6 Å². The van der Waals surface area contributed by atoms with E-state index < -0.39 is 12.1 Å². The number of halogens is 3. The number of hydrogen-bond acceptors (Lipinski definition) is 3. The van der Waals surface area contributed by atoms with Crippen LogP contribution in [0.3, 0.4) is 0 Å². The summed E-state index contributed by atoms with van der Waals surface area (Å²) in [4.78, 5) is 18.5. The van der Waals surface area contributed by atoms with Crippen molar-refractivity contribution in [3.05, 3.63) is 30.1 Å². The zero-order chi connectivity index (χ0) is 15.0. The average Bonchev–Trinajstić information content (AvgIpc) is 2.69. The standard InChI is InChI=1S/C14H16F3N3O/c15-14(16,17)13(21)19-8-11-1-2-12(9-19)20(11)7-10-3-5-18-6-4-10/h3-6,11-12H,1-2,7-9H2. The molecule has 2 saturated heterocycles. The number of carbonyl (C=O) groups is 1. The van der Waals surface area contributed by atoms with Gasteiger partial charge in [0, 0.05) is 44.1 Å². The fourth-order valence-corrected chi connectivity index (χ4v) is 3.29. The van der Waals surface area contributed by atoms with Crippen molar-refractivity contribution in [1.82, 2.24) is 14.8 Å². The molecule has 7 heteroatoms. The van der Waals surface area contributed by atoms with Gasteiger partial charge in [-0.25, -0.2) is 0 Å². The summed E-state index contributed by atoms with van der Waals surface area (Å²) in [7, 11) is 0. The van der Waals surface area contributed by atoms with Crippen molar-refractivity contribution in [3.8, 4) is 0 Å². The van der Waals surface area contributed by atoms with Gasteiger partial charge < -0.3 is 4.90 Å². The fourth-order valence-electron chi connectivity index (χ4n) is 3.29. The first-order valence-electron chi connectivity index (χ1n) is 6.96. The number of aromatic nitrogens is 1. The summed E-state index contributed by atoms with van der Waals surface area (Å²) >= 11 is 0. The van der Waals surface area contributed by atoms with Crippen LogP contribution < -0.4 is 0 Å². The van der Waals surface area contributed by atoms with Crippen LogP contribution in [0.15, 0.2) is 24.5 Å². The minimum absolute atomic E-state index is 0.0169. The molecule has 0 saturated carbocycles. The van der Waals surface area contributed by atoms with Gasteiger partial charge in [-0.3, -0.25) is 14.7 Å². The second-order valence-electron chi connectivity index (χ2n) is 5.62. The normalized spacial score (nSPS) is 26.1. The molecule has 2 atom stereocenters. The maximum atomic E-state index is 12.5. The number of fused-ring (bicyclic) bond motifs is 2. The lowest BCUT2D eigenvalue weighted by atomic mass is 10.1. The molecule has 0 spiro atoms. The van der Waals surface area contributed by atoms with Gasteiger partial charge in [-0.2, -0.15) is 13.2 Å². The lowest BCUT2D eigenvalue weighted by Crippen LogP contribution is -2.57. The molecule has 1 aromatic heterocycles. The zero-order valence-corrected chi connectivity index (χ0v) is 11.4. The van der Waals surface area contributed by atoms with Crippen molar-refractivity contribution < 1.29 is 18.0 Å². The van der Waals surface area contributed by atoms with Crippen LogP contribution in [0.25, 0.3) is 0 Å². The largest absolute Gasteiger partial charge is 0.471 e. The van der Waals surface area contributed by atoms with Gasteiger partial charge in [0.25, 0.3) is 0 Å². The van der Waals surface area contributed by atoms with Crippen molar-refractivity contribution >= 4 is 5.91 Å². The van der Waals surface area contributed by atoms with Gasteiger partial charge in [0.05, 0.1) is 0 Å². The molecule has 4 nitrogen and oxygen atoms in total. The van der Waals surface area contributed by atoms with Gasteiger partial charge in [-0.1, -0.05) is 0 Å². The van der Waals surface area contributed by atoms with E-state index in [9.17, 15) is 18.0 Å². The molecule has 3 heterocycles. The van der Waals surface area contributed by atoms with Crippen molar-refractivity contribution in [1.29, 1.82) is 0 Å². The summed E-state index contributed by atoms with van der Waals surface area (Å²) < 4.78 is 37.6. The second-order valence-corrected chi connectivity index (χ2v) is 5.62. The molecule has 1 amide bonds. The highest BCUT2D eigenvalue weighted by molar-refractivity contribution is 5.82. The SMILES string of the molecule is O=C(N1CC2CCC(C1)N2Cc1ccncc1)C(F)(F)F. The Bertz CT molecular complexity index is 506. The molecule has 2 fully saturated rings. The van der Waals surface area contributed by atoms with Gasteiger partial charge in [0.15, 0.2) is 0 Å².